The van der Waals surface area contributed by atoms with Gasteiger partial charge in [0.1, 0.15) is 11.2 Å². The zero-order chi connectivity index (χ0) is 37.0. The maximum Gasteiger partial charge on any atom is 0.164 e. The van der Waals surface area contributed by atoms with Crippen molar-refractivity contribution >= 4 is 43.7 Å². The van der Waals surface area contributed by atoms with E-state index in [-0.39, 0.29) is 0 Å². The molecule has 0 fully saturated rings. The predicted molar refractivity (Wildman–Crippen MR) is 229 cm³/mol. The van der Waals surface area contributed by atoms with Crippen LogP contribution in [0.3, 0.4) is 0 Å². The van der Waals surface area contributed by atoms with Gasteiger partial charge in [0.25, 0.3) is 0 Å². The Balaban J connectivity index is 1.12. The van der Waals surface area contributed by atoms with E-state index < -0.39 is 0 Å². The molecule has 0 N–H and O–H groups in total. The Morgan fingerprint density at radius 3 is 1.66 bits per heavy atom. The minimum Gasteiger partial charge on any atom is -0.456 e. The lowest BCUT2D eigenvalue weighted by Crippen LogP contribution is -2.01. The molecule has 0 amide bonds. The summed E-state index contributed by atoms with van der Waals surface area (Å²) in [4.78, 5) is 15.1. The molecule has 3 heterocycles. The van der Waals surface area contributed by atoms with E-state index in [0.717, 1.165) is 61.0 Å². The lowest BCUT2D eigenvalue weighted by Gasteiger charge is -2.13. The van der Waals surface area contributed by atoms with Crippen LogP contribution in [0.25, 0.3) is 106 Å². The van der Waals surface area contributed by atoms with Crippen LogP contribution in [0.1, 0.15) is 0 Å². The van der Waals surface area contributed by atoms with E-state index >= 15 is 0 Å². The van der Waals surface area contributed by atoms with Crippen molar-refractivity contribution in [3.8, 4) is 62.1 Å². The summed E-state index contributed by atoms with van der Waals surface area (Å²) >= 11 is 0. The number of hydrogen-bond donors (Lipinski definition) is 0. The second kappa shape index (κ2) is 13.0. The Hall–Kier alpha value is -7.63. The normalized spacial score (nSPS) is 11.6. The Bertz CT molecular complexity index is 3180. The monoisotopic (exact) mass is 716 g/mol. The Morgan fingerprint density at radius 1 is 0.339 bits per heavy atom. The number of para-hydroxylation sites is 2. The molecule has 5 heteroatoms. The minimum absolute atomic E-state index is 0.611. The molecule has 0 aliphatic carbocycles. The first-order valence-electron chi connectivity index (χ1n) is 18.8. The molecule has 56 heavy (non-hydrogen) atoms. The quantitative estimate of drug-likeness (QED) is 0.172. The largest absolute Gasteiger partial charge is 0.456 e. The third-order valence-corrected chi connectivity index (χ3v) is 10.7. The van der Waals surface area contributed by atoms with Gasteiger partial charge in [0.15, 0.2) is 17.5 Å². The van der Waals surface area contributed by atoms with Gasteiger partial charge in [0.05, 0.1) is 11.0 Å². The van der Waals surface area contributed by atoms with E-state index in [2.05, 4.69) is 132 Å². The number of nitrogens with zero attached hydrogens (tertiary/aromatic N) is 4. The third-order valence-electron chi connectivity index (χ3n) is 10.7. The standard InChI is InChI=1S/C51H32N4O/c1-4-16-33(17-5-1)49-52-50(34-18-6-2-7-19-34)54-51(53-49)40-23-11-10-22-38(40)39-26-15-29-46-48(39)42-32-35(30-31-45(42)56-46)37-25-14-28-44-47(37)41-24-12-13-27-43(41)55(44)36-20-8-3-9-21-36/h1-32H. The summed E-state index contributed by atoms with van der Waals surface area (Å²) in [5.41, 5.74) is 12.3. The van der Waals surface area contributed by atoms with Crippen molar-refractivity contribution < 1.29 is 4.42 Å². The van der Waals surface area contributed by atoms with Crippen molar-refractivity contribution in [2.75, 3.05) is 0 Å². The molecular weight excluding hydrogens is 685 g/mol. The van der Waals surface area contributed by atoms with E-state index in [9.17, 15) is 0 Å². The highest BCUT2D eigenvalue weighted by molar-refractivity contribution is 6.18. The summed E-state index contributed by atoms with van der Waals surface area (Å²) in [6.07, 6.45) is 0. The molecule has 11 rings (SSSR count). The van der Waals surface area contributed by atoms with Crippen molar-refractivity contribution in [1.82, 2.24) is 19.5 Å². The van der Waals surface area contributed by atoms with Gasteiger partial charge in [-0.2, -0.15) is 0 Å². The first kappa shape index (κ1) is 31.9. The van der Waals surface area contributed by atoms with Gasteiger partial charge < -0.3 is 8.98 Å². The van der Waals surface area contributed by atoms with Crippen LogP contribution in [0.2, 0.25) is 0 Å². The lowest BCUT2D eigenvalue weighted by molar-refractivity contribution is 0.669. The van der Waals surface area contributed by atoms with Gasteiger partial charge in [0.2, 0.25) is 0 Å². The van der Waals surface area contributed by atoms with Crippen molar-refractivity contribution in [2.24, 2.45) is 0 Å². The SMILES string of the molecule is c1ccc(-c2nc(-c3ccccc3)nc(-c3ccccc3-c3cccc4oc5ccc(-c6cccc7c6c6ccccc6n7-c6ccccc6)cc5c34)n2)cc1. The van der Waals surface area contributed by atoms with Crippen LogP contribution >= 0.6 is 0 Å². The summed E-state index contributed by atoms with van der Waals surface area (Å²) in [6, 6.07) is 67.4. The average molecular weight is 717 g/mol. The van der Waals surface area contributed by atoms with Crippen molar-refractivity contribution in [3.63, 3.8) is 0 Å². The van der Waals surface area contributed by atoms with Gasteiger partial charge in [-0.05, 0) is 64.7 Å². The molecule has 8 aromatic carbocycles. The Morgan fingerprint density at radius 2 is 0.911 bits per heavy atom. The number of fused-ring (bicyclic) bond motifs is 6. The summed E-state index contributed by atoms with van der Waals surface area (Å²) < 4.78 is 8.94. The fourth-order valence-corrected chi connectivity index (χ4v) is 8.18. The van der Waals surface area contributed by atoms with Gasteiger partial charge in [-0.3, -0.25) is 0 Å². The Labute approximate surface area is 322 Å². The van der Waals surface area contributed by atoms with E-state index in [0.29, 0.717) is 17.5 Å². The Kier molecular flexibility index (Phi) is 7.42. The van der Waals surface area contributed by atoms with Crippen LogP contribution in [0.15, 0.2) is 199 Å². The van der Waals surface area contributed by atoms with Gasteiger partial charge in [-0.1, -0.05) is 152 Å². The zero-order valence-electron chi connectivity index (χ0n) is 30.2. The zero-order valence-corrected chi connectivity index (χ0v) is 30.2. The highest BCUT2D eigenvalue weighted by Crippen LogP contribution is 2.43. The molecule has 0 atom stereocenters. The molecule has 0 bridgehead atoms. The van der Waals surface area contributed by atoms with Crippen LogP contribution in [-0.4, -0.2) is 19.5 Å². The molecule has 0 spiro atoms. The maximum absolute atomic E-state index is 6.58. The van der Waals surface area contributed by atoms with E-state index in [1.54, 1.807) is 0 Å². The molecular formula is C51H32N4O. The summed E-state index contributed by atoms with van der Waals surface area (Å²) in [5.74, 6) is 1.87. The smallest absolute Gasteiger partial charge is 0.164 e. The second-order valence-corrected chi connectivity index (χ2v) is 14.0. The van der Waals surface area contributed by atoms with E-state index in [1.807, 2.05) is 66.7 Å². The lowest BCUT2D eigenvalue weighted by atomic mass is 9.93. The molecule has 0 aliphatic rings. The first-order chi connectivity index (χ1) is 27.8. The van der Waals surface area contributed by atoms with Crippen LogP contribution in [0, 0.1) is 0 Å². The highest BCUT2D eigenvalue weighted by atomic mass is 16.3. The number of hydrogen-bond acceptors (Lipinski definition) is 4. The molecule has 3 aromatic heterocycles. The molecule has 0 saturated carbocycles. The number of benzene rings is 8. The van der Waals surface area contributed by atoms with Crippen molar-refractivity contribution in [3.05, 3.63) is 194 Å². The van der Waals surface area contributed by atoms with Crippen LogP contribution in [-0.2, 0) is 0 Å². The summed E-state index contributed by atoms with van der Waals surface area (Å²) in [6.45, 7) is 0. The molecule has 0 unspecified atom stereocenters. The first-order valence-corrected chi connectivity index (χ1v) is 18.8. The minimum atomic E-state index is 0.611. The highest BCUT2D eigenvalue weighted by Gasteiger charge is 2.21. The van der Waals surface area contributed by atoms with Crippen molar-refractivity contribution in [2.45, 2.75) is 0 Å². The van der Waals surface area contributed by atoms with E-state index in [1.165, 1.54) is 27.4 Å². The van der Waals surface area contributed by atoms with Gasteiger partial charge in [-0.15, -0.1) is 0 Å². The third kappa shape index (κ3) is 5.21. The van der Waals surface area contributed by atoms with Gasteiger partial charge in [0, 0.05) is 43.9 Å². The number of rotatable bonds is 6. The average Bonchev–Trinajstić information content (AvgIpc) is 3.83. The molecule has 11 aromatic rings. The molecule has 262 valence electrons. The molecule has 0 saturated heterocycles. The van der Waals surface area contributed by atoms with Crippen LogP contribution < -0.4 is 0 Å². The van der Waals surface area contributed by atoms with Crippen molar-refractivity contribution in [1.29, 1.82) is 0 Å². The fourth-order valence-electron chi connectivity index (χ4n) is 8.18. The maximum atomic E-state index is 6.58. The van der Waals surface area contributed by atoms with Gasteiger partial charge >= 0.3 is 0 Å². The predicted octanol–water partition coefficient (Wildman–Crippen LogP) is 13.2. The molecule has 0 aliphatic heterocycles. The van der Waals surface area contributed by atoms with Gasteiger partial charge in [-0.25, -0.2) is 15.0 Å². The fraction of sp³-hybridized carbons (Fsp3) is 0. The van der Waals surface area contributed by atoms with E-state index in [4.69, 9.17) is 19.4 Å². The van der Waals surface area contributed by atoms with Crippen LogP contribution in [0.4, 0.5) is 0 Å². The number of aromatic nitrogens is 4. The summed E-state index contributed by atoms with van der Waals surface area (Å²) in [5, 5.41) is 4.55. The topological polar surface area (TPSA) is 56.7 Å². The molecule has 0 radical (unpaired) electrons. The second-order valence-electron chi connectivity index (χ2n) is 14.0. The number of furan rings is 1. The van der Waals surface area contributed by atoms with Crippen LogP contribution in [0.5, 0.6) is 0 Å². The summed E-state index contributed by atoms with van der Waals surface area (Å²) in [7, 11) is 0. The molecule has 5 nitrogen and oxygen atoms in total.